The number of nitrogens with zero attached hydrogens (tertiary/aromatic N) is 2. The lowest BCUT2D eigenvalue weighted by atomic mass is 10.1. The molecule has 0 aliphatic heterocycles. The van der Waals surface area contributed by atoms with Gasteiger partial charge in [0, 0.05) is 11.6 Å². The number of aromatic nitrogens is 2. The molecule has 0 fully saturated rings. The minimum Gasteiger partial charge on any atom is -0.496 e. The number of methoxy groups -OCH3 is 1. The summed E-state index contributed by atoms with van der Waals surface area (Å²) in [6.07, 6.45) is 0. The summed E-state index contributed by atoms with van der Waals surface area (Å²) in [5, 5.41) is 3.98. The standard InChI is InChI=1S/C13H16BrN3O2/c1-7(8(2)15)13-16-12(17-19-13)9-4-5-11(18-3)10(14)6-9/h4-8H,15H2,1-3H3. The summed E-state index contributed by atoms with van der Waals surface area (Å²) in [5.74, 6) is 1.89. The average Bonchev–Trinajstić information content (AvgIpc) is 2.87. The summed E-state index contributed by atoms with van der Waals surface area (Å²) < 4.78 is 11.3. The van der Waals surface area contributed by atoms with Gasteiger partial charge in [-0.25, -0.2) is 0 Å². The maximum absolute atomic E-state index is 5.83. The van der Waals surface area contributed by atoms with E-state index in [1.165, 1.54) is 0 Å². The van der Waals surface area contributed by atoms with Crippen LogP contribution in [0.2, 0.25) is 0 Å². The number of benzene rings is 1. The highest BCUT2D eigenvalue weighted by Crippen LogP contribution is 2.30. The molecule has 1 aromatic carbocycles. The van der Waals surface area contributed by atoms with Gasteiger partial charge >= 0.3 is 0 Å². The molecule has 1 heterocycles. The van der Waals surface area contributed by atoms with Gasteiger partial charge < -0.3 is 15.0 Å². The molecule has 0 saturated carbocycles. The Bertz CT molecular complexity index is 569. The van der Waals surface area contributed by atoms with Crippen molar-refractivity contribution in [1.82, 2.24) is 10.1 Å². The molecule has 2 aromatic rings. The molecule has 2 N–H and O–H groups in total. The van der Waals surface area contributed by atoms with Gasteiger partial charge in [-0.3, -0.25) is 0 Å². The maximum atomic E-state index is 5.83. The van der Waals surface area contributed by atoms with Crippen LogP contribution in [0.3, 0.4) is 0 Å². The van der Waals surface area contributed by atoms with E-state index in [1.807, 2.05) is 32.0 Å². The Morgan fingerprint density at radius 2 is 2.11 bits per heavy atom. The molecule has 5 nitrogen and oxygen atoms in total. The van der Waals surface area contributed by atoms with Crippen molar-refractivity contribution in [2.45, 2.75) is 25.8 Å². The van der Waals surface area contributed by atoms with Crippen molar-refractivity contribution in [3.63, 3.8) is 0 Å². The van der Waals surface area contributed by atoms with Crippen molar-refractivity contribution >= 4 is 15.9 Å². The van der Waals surface area contributed by atoms with Crippen molar-refractivity contribution in [2.24, 2.45) is 5.73 Å². The molecule has 6 heteroatoms. The monoisotopic (exact) mass is 325 g/mol. The van der Waals surface area contributed by atoms with E-state index in [9.17, 15) is 0 Å². The van der Waals surface area contributed by atoms with E-state index in [1.54, 1.807) is 7.11 Å². The topological polar surface area (TPSA) is 74.2 Å². The van der Waals surface area contributed by atoms with Gasteiger partial charge in [-0.15, -0.1) is 0 Å². The van der Waals surface area contributed by atoms with Crippen LogP contribution in [0.1, 0.15) is 25.7 Å². The lowest BCUT2D eigenvalue weighted by Gasteiger charge is -2.09. The van der Waals surface area contributed by atoms with Crippen LogP contribution in [0.25, 0.3) is 11.4 Å². The van der Waals surface area contributed by atoms with Crippen molar-refractivity contribution in [1.29, 1.82) is 0 Å². The molecule has 0 spiro atoms. The highest BCUT2D eigenvalue weighted by atomic mass is 79.9. The molecule has 2 atom stereocenters. The van der Waals surface area contributed by atoms with Crippen LogP contribution >= 0.6 is 15.9 Å². The molecular weight excluding hydrogens is 310 g/mol. The van der Waals surface area contributed by atoms with Crippen molar-refractivity contribution in [2.75, 3.05) is 7.11 Å². The van der Waals surface area contributed by atoms with Gasteiger partial charge in [0.05, 0.1) is 17.5 Å². The third kappa shape index (κ3) is 2.96. The molecule has 19 heavy (non-hydrogen) atoms. The summed E-state index contributed by atoms with van der Waals surface area (Å²) >= 11 is 3.43. The van der Waals surface area contributed by atoms with Gasteiger partial charge in [0.25, 0.3) is 0 Å². The Morgan fingerprint density at radius 1 is 1.37 bits per heavy atom. The summed E-state index contributed by atoms with van der Waals surface area (Å²) in [5.41, 5.74) is 6.69. The van der Waals surface area contributed by atoms with E-state index < -0.39 is 0 Å². The van der Waals surface area contributed by atoms with Gasteiger partial charge in [0.1, 0.15) is 5.75 Å². The summed E-state index contributed by atoms with van der Waals surface area (Å²) in [6.45, 7) is 3.88. The minimum absolute atomic E-state index is 0.0305. The van der Waals surface area contributed by atoms with Crippen LogP contribution < -0.4 is 10.5 Å². The first-order chi connectivity index (χ1) is 9.02. The van der Waals surface area contributed by atoms with E-state index in [2.05, 4.69) is 26.1 Å². The number of nitrogens with two attached hydrogens (primary N) is 1. The van der Waals surface area contributed by atoms with Crippen LogP contribution in [-0.2, 0) is 0 Å². The molecule has 0 radical (unpaired) electrons. The fraction of sp³-hybridized carbons (Fsp3) is 0.385. The number of hydrogen-bond donors (Lipinski definition) is 1. The molecule has 1 aromatic heterocycles. The Kier molecular flexibility index (Phi) is 4.21. The molecule has 0 amide bonds. The first-order valence-electron chi connectivity index (χ1n) is 5.96. The normalized spacial score (nSPS) is 14.2. The summed E-state index contributed by atoms with van der Waals surface area (Å²) in [4.78, 5) is 4.38. The predicted molar refractivity (Wildman–Crippen MR) is 76.1 cm³/mol. The van der Waals surface area contributed by atoms with Crippen LogP contribution in [0.4, 0.5) is 0 Å². The second kappa shape index (κ2) is 5.71. The van der Waals surface area contributed by atoms with Gasteiger partial charge in [0.15, 0.2) is 0 Å². The number of ether oxygens (including phenoxy) is 1. The van der Waals surface area contributed by atoms with E-state index in [-0.39, 0.29) is 12.0 Å². The van der Waals surface area contributed by atoms with Gasteiger partial charge in [0.2, 0.25) is 11.7 Å². The Hall–Kier alpha value is -1.40. The van der Waals surface area contributed by atoms with Crippen molar-refractivity contribution in [3.05, 3.63) is 28.6 Å². The smallest absolute Gasteiger partial charge is 0.231 e. The predicted octanol–water partition coefficient (Wildman–Crippen LogP) is 2.96. The molecule has 2 unspecified atom stereocenters. The fourth-order valence-electron chi connectivity index (χ4n) is 1.57. The zero-order valence-corrected chi connectivity index (χ0v) is 12.6. The molecule has 102 valence electrons. The van der Waals surface area contributed by atoms with Gasteiger partial charge in [-0.05, 0) is 41.1 Å². The summed E-state index contributed by atoms with van der Waals surface area (Å²) in [7, 11) is 1.62. The second-order valence-corrected chi connectivity index (χ2v) is 5.31. The number of hydrogen-bond acceptors (Lipinski definition) is 5. The third-order valence-electron chi connectivity index (χ3n) is 3.03. The average molecular weight is 326 g/mol. The highest BCUT2D eigenvalue weighted by Gasteiger charge is 2.18. The minimum atomic E-state index is -0.0316. The Labute approximate surface area is 120 Å². The van der Waals surface area contributed by atoms with E-state index >= 15 is 0 Å². The van der Waals surface area contributed by atoms with Crippen molar-refractivity contribution < 1.29 is 9.26 Å². The first kappa shape index (κ1) is 14.0. The zero-order valence-electron chi connectivity index (χ0n) is 11.1. The van der Waals surface area contributed by atoms with Crippen molar-refractivity contribution in [3.8, 4) is 17.1 Å². The van der Waals surface area contributed by atoms with Gasteiger partial charge in [-0.2, -0.15) is 4.98 Å². The second-order valence-electron chi connectivity index (χ2n) is 4.45. The van der Waals surface area contributed by atoms with Crippen LogP contribution in [0, 0.1) is 0 Å². The SMILES string of the molecule is COc1ccc(-c2noc(C(C)C(C)N)n2)cc1Br. The molecule has 0 aliphatic rings. The van der Waals surface area contributed by atoms with Gasteiger partial charge in [-0.1, -0.05) is 12.1 Å². The largest absolute Gasteiger partial charge is 0.496 e. The Morgan fingerprint density at radius 3 is 2.68 bits per heavy atom. The van der Waals surface area contributed by atoms with E-state index in [0.717, 1.165) is 15.8 Å². The quantitative estimate of drug-likeness (QED) is 0.935. The summed E-state index contributed by atoms with van der Waals surface area (Å²) in [6, 6.07) is 5.60. The zero-order chi connectivity index (χ0) is 14.0. The van der Waals surface area contributed by atoms with Crippen LogP contribution in [0.5, 0.6) is 5.75 Å². The highest BCUT2D eigenvalue weighted by molar-refractivity contribution is 9.10. The lowest BCUT2D eigenvalue weighted by Crippen LogP contribution is -2.22. The Balaban J connectivity index is 2.30. The molecule has 0 bridgehead atoms. The molecular formula is C13H16BrN3O2. The number of halogens is 1. The lowest BCUT2D eigenvalue weighted by molar-refractivity contribution is 0.346. The fourth-order valence-corrected chi connectivity index (χ4v) is 2.11. The van der Waals surface area contributed by atoms with E-state index in [4.69, 9.17) is 15.0 Å². The first-order valence-corrected chi connectivity index (χ1v) is 6.75. The third-order valence-corrected chi connectivity index (χ3v) is 3.65. The molecule has 0 saturated heterocycles. The van der Waals surface area contributed by atoms with Crippen LogP contribution in [-0.4, -0.2) is 23.3 Å². The van der Waals surface area contributed by atoms with Crippen LogP contribution in [0.15, 0.2) is 27.2 Å². The maximum Gasteiger partial charge on any atom is 0.231 e. The molecule has 2 rings (SSSR count). The molecule has 0 aliphatic carbocycles. The van der Waals surface area contributed by atoms with E-state index in [0.29, 0.717) is 11.7 Å². The number of rotatable bonds is 4.